The Bertz CT molecular complexity index is 225. The number of amides is 1. The first kappa shape index (κ1) is 14.5. The van der Waals surface area contributed by atoms with Crippen LogP contribution in [0, 0.1) is 0 Å². The van der Waals surface area contributed by atoms with Gasteiger partial charge < -0.3 is 15.1 Å². The van der Waals surface area contributed by atoms with Crippen molar-refractivity contribution >= 4 is 5.91 Å². The summed E-state index contributed by atoms with van der Waals surface area (Å²) < 4.78 is 0. The minimum absolute atomic E-state index is 0.0322. The van der Waals surface area contributed by atoms with Crippen LogP contribution in [0.15, 0.2) is 0 Å². The molecule has 1 amide bonds. The van der Waals surface area contributed by atoms with E-state index >= 15 is 0 Å². The van der Waals surface area contributed by atoms with Crippen molar-refractivity contribution in [3.8, 4) is 0 Å². The average molecular weight is 241 g/mol. The van der Waals surface area contributed by atoms with E-state index in [-0.39, 0.29) is 11.9 Å². The molecule has 0 aromatic rings. The Hall–Kier alpha value is -0.610. The summed E-state index contributed by atoms with van der Waals surface area (Å²) in [5.41, 5.74) is 0. The zero-order valence-electron chi connectivity index (χ0n) is 11.5. The molecule has 0 aromatic carbocycles. The van der Waals surface area contributed by atoms with Crippen LogP contribution < -0.4 is 5.32 Å². The Kier molecular flexibility index (Phi) is 6.52. The fraction of sp³-hybridized carbons (Fsp3) is 0.923. The first-order valence-electron chi connectivity index (χ1n) is 6.78. The van der Waals surface area contributed by atoms with E-state index in [0.29, 0.717) is 0 Å². The van der Waals surface area contributed by atoms with Crippen molar-refractivity contribution in [2.24, 2.45) is 0 Å². The number of likely N-dealkylation sites (tertiary alicyclic amines) is 1. The number of nitrogens with zero attached hydrogens (tertiary/aromatic N) is 2. The molecule has 1 unspecified atom stereocenters. The summed E-state index contributed by atoms with van der Waals surface area (Å²) in [6.45, 7) is 5.86. The Labute approximate surface area is 105 Å². The van der Waals surface area contributed by atoms with Crippen molar-refractivity contribution < 1.29 is 4.79 Å². The number of hydrogen-bond donors (Lipinski definition) is 1. The number of carbonyl (C=O) groups excluding carboxylic acids is 1. The van der Waals surface area contributed by atoms with Crippen LogP contribution in [0.5, 0.6) is 0 Å². The van der Waals surface area contributed by atoms with Gasteiger partial charge in [0.15, 0.2) is 0 Å². The number of piperidine rings is 1. The van der Waals surface area contributed by atoms with Crippen LogP contribution in [0.1, 0.15) is 32.6 Å². The van der Waals surface area contributed by atoms with Crippen molar-refractivity contribution in [3.63, 3.8) is 0 Å². The van der Waals surface area contributed by atoms with Gasteiger partial charge in [0.25, 0.3) is 0 Å². The molecule has 0 spiro atoms. The first-order valence-corrected chi connectivity index (χ1v) is 6.78. The Morgan fingerprint density at radius 2 is 1.94 bits per heavy atom. The molecule has 1 aliphatic heterocycles. The van der Waals surface area contributed by atoms with Gasteiger partial charge >= 0.3 is 0 Å². The lowest BCUT2D eigenvalue weighted by Gasteiger charge is -2.29. The van der Waals surface area contributed by atoms with Crippen LogP contribution >= 0.6 is 0 Å². The van der Waals surface area contributed by atoms with Crippen LogP contribution in [-0.4, -0.2) is 62.0 Å². The van der Waals surface area contributed by atoms with E-state index < -0.39 is 0 Å². The fourth-order valence-corrected chi connectivity index (χ4v) is 2.19. The van der Waals surface area contributed by atoms with Crippen LogP contribution in [0.25, 0.3) is 0 Å². The second-order valence-corrected chi connectivity index (χ2v) is 5.22. The van der Waals surface area contributed by atoms with Crippen LogP contribution in [-0.2, 0) is 4.79 Å². The molecule has 100 valence electrons. The van der Waals surface area contributed by atoms with Gasteiger partial charge in [0.05, 0.1) is 6.04 Å². The highest BCUT2D eigenvalue weighted by Gasteiger charge is 2.21. The third-order valence-electron chi connectivity index (χ3n) is 3.27. The third kappa shape index (κ3) is 5.50. The molecule has 0 bridgehead atoms. The molecule has 0 aliphatic carbocycles. The molecule has 1 atom stereocenters. The van der Waals surface area contributed by atoms with E-state index in [0.717, 1.165) is 32.6 Å². The molecule has 1 aliphatic rings. The predicted octanol–water partition coefficient (Wildman–Crippen LogP) is 0.929. The predicted molar refractivity (Wildman–Crippen MR) is 71.1 cm³/mol. The summed E-state index contributed by atoms with van der Waals surface area (Å²) >= 11 is 0. The van der Waals surface area contributed by atoms with Crippen LogP contribution in [0.4, 0.5) is 0 Å². The molecule has 1 fully saturated rings. The van der Waals surface area contributed by atoms with Gasteiger partial charge in [0, 0.05) is 13.1 Å². The molecular formula is C13H27N3O. The molecule has 0 saturated carbocycles. The lowest BCUT2D eigenvalue weighted by molar-refractivity contribution is -0.133. The summed E-state index contributed by atoms with van der Waals surface area (Å²) in [4.78, 5) is 16.3. The number of carbonyl (C=O) groups is 1. The molecule has 1 heterocycles. The molecule has 17 heavy (non-hydrogen) atoms. The Balaban J connectivity index is 2.17. The van der Waals surface area contributed by atoms with Crippen LogP contribution in [0.3, 0.4) is 0 Å². The standard InChI is InChI=1S/C13H27N3O/c1-12(14-8-7-9-15(2)3)13(17)16-10-5-4-6-11-16/h12,14H,4-11H2,1-3H3. The van der Waals surface area contributed by atoms with Gasteiger partial charge in [-0.05, 0) is 59.8 Å². The van der Waals surface area contributed by atoms with E-state index in [1.807, 2.05) is 11.8 Å². The monoisotopic (exact) mass is 241 g/mol. The maximum Gasteiger partial charge on any atom is 0.239 e. The zero-order chi connectivity index (χ0) is 12.7. The van der Waals surface area contributed by atoms with E-state index in [9.17, 15) is 4.79 Å². The lowest BCUT2D eigenvalue weighted by Crippen LogP contribution is -2.47. The van der Waals surface area contributed by atoms with Gasteiger partial charge in [-0.3, -0.25) is 4.79 Å². The summed E-state index contributed by atoms with van der Waals surface area (Å²) in [5, 5.41) is 3.32. The van der Waals surface area contributed by atoms with Crippen molar-refractivity contribution in [1.82, 2.24) is 15.1 Å². The summed E-state index contributed by atoms with van der Waals surface area (Å²) in [6.07, 6.45) is 4.69. The number of rotatable bonds is 6. The topological polar surface area (TPSA) is 35.6 Å². The highest BCUT2D eigenvalue weighted by atomic mass is 16.2. The largest absolute Gasteiger partial charge is 0.341 e. The SMILES string of the molecule is CC(NCCCN(C)C)C(=O)N1CCCCC1. The van der Waals surface area contributed by atoms with Crippen molar-refractivity contribution in [1.29, 1.82) is 0 Å². The zero-order valence-corrected chi connectivity index (χ0v) is 11.5. The van der Waals surface area contributed by atoms with E-state index in [2.05, 4.69) is 24.3 Å². The maximum absolute atomic E-state index is 12.1. The van der Waals surface area contributed by atoms with Gasteiger partial charge in [0.1, 0.15) is 0 Å². The van der Waals surface area contributed by atoms with Gasteiger partial charge in [-0.1, -0.05) is 0 Å². The molecule has 1 saturated heterocycles. The summed E-state index contributed by atoms with van der Waals surface area (Å²) in [7, 11) is 4.14. The van der Waals surface area contributed by atoms with Gasteiger partial charge in [-0.15, -0.1) is 0 Å². The molecule has 0 aromatic heterocycles. The van der Waals surface area contributed by atoms with Crippen molar-refractivity contribution in [2.75, 3.05) is 40.3 Å². The Morgan fingerprint density at radius 1 is 1.29 bits per heavy atom. The van der Waals surface area contributed by atoms with Gasteiger partial charge in [-0.25, -0.2) is 0 Å². The van der Waals surface area contributed by atoms with E-state index in [4.69, 9.17) is 0 Å². The molecule has 1 N–H and O–H groups in total. The summed E-state index contributed by atoms with van der Waals surface area (Å²) in [5.74, 6) is 0.273. The average Bonchev–Trinajstić information content (AvgIpc) is 2.34. The highest BCUT2D eigenvalue weighted by Crippen LogP contribution is 2.09. The molecule has 4 heteroatoms. The van der Waals surface area contributed by atoms with Crippen molar-refractivity contribution in [3.05, 3.63) is 0 Å². The van der Waals surface area contributed by atoms with Crippen LogP contribution in [0.2, 0.25) is 0 Å². The second kappa shape index (κ2) is 7.67. The smallest absolute Gasteiger partial charge is 0.239 e. The number of hydrogen-bond acceptors (Lipinski definition) is 3. The normalized spacial score (nSPS) is 18.5. The second-order valence-electron chi connectivity index (χ2n) is 5.22. The van der Waals surface area contributed by atoms with Crippen molar-refractivity contribution in [2.45, 2.75) is 38.6 Å². The van der Waals surface area contributed by atoms with E-state index in [1.165, 1.54) is 19.3 Å². The maximum atomic E-state index is 12.1. The third-order valence-corrected chi connectivity index (χ3v) is 3.27. The number of nitrogens with one attached hydrogen (secondary N) is 1. The summed E-state index contributed by atoms with van der Waals surface area (Å²) in [6, 6.07) is -0.0322. The molecule has 4 nitrogen and oxygen atoms in total. The molecule has 0 radical (unpaired) electrons. The minimum atomic E-state index is -0.0322. The minimum Gasteiger partial charge on any atom is -0.341 e. The van der Waals surface area contributed by atoms with Gasteiger partial charge in [0.2, 0.25) is 5.91 Å². The van der Waals surface area contributed by atoms with E-state index in [1.54, 1.807) is 0 Å². The molecule has 1 rings (SSSR count). The van der Waals surface area contributed by atoms with Gasteiger partial charge in [-0.2, -0.15) is 0 Å². The fourth-order valence-electron chi connectivity index (χ4n) is 2.19. The molecular weight excluding hydrogens is 214 g/mol. The highest BCUT2D eigenvalue weighted by molar-refractivity contribution is 5.81. The lowest BCUT2D eigenvalue weighted by atomic mass is 10.1. The first-order chi connectivity index (χ1) is 8.11. The quantitative estimate of drug-likeness (QED) is 0.703. The Morgan fingerprint density at radius 3 is 2.53 bits per heavy atom.